The van der Waals surface area contributed by atoms with E-state index in [2.05, 4.69) is 80.5 Å². The number of amides is 1. The molecule has 5 rings (SSSR count). The summed E-state index contributed by atoms with van der Waals surface area (Å²) >= 11 is 3.42. The number of halogens is 1. The molecule has 0 bridgehead atoms. The number of carbonyl (C=O) groups excluding carboxylic acids is 1. The summed E-state index contributed by atoms with van der Waals surface area (Å²) in [6.45, 7) is 2.84. The molecule has 2 heterocycles. The lowest BCUT2D eigenvalue weighted by molar-refractivity contribution is 0.0929. The smallest absolute Gasteiger partial charge is 0.307 e. The normalized spacial score (nSPS) is 11.6. The topological polar surface area (TPSA) is 59.5 Å². The minimum Gasteiger partial charge on any atom is -0.451 e. The summed E-state index contributed by atoms with van der Waals surface area (Å²) in [6.07, 6.45) is 3.73. The highest BCUT2D eigenvalue weighted by molar-refractivity contribution is 9.10. The summed E-state index contributed by atoms with van der Waals surface area (Å²) in [5.41, 5.74) is 7.74. The Hall–Kier alpha value is -3.64. The highest BCUT2D eigenvalue weighted by atomic mass is 79.9. The van der Waals surface area contributed by atoms with Gasteiger partial charge in [0.05, 0.1) is 6.21 Å². The number of aryl methyl sites for hydroxylation is 1. The molecule has 5 aromatic rings. The molecule has 0 saturated heterocycles. The van der Waals surface area contributed by atoms with E-state index in [0.29, 0.717) is 5.58 Å². The Balaban J connectivity index is 1.37. The first-order chi connectivity index (χ1) is 15.6. The molecule has 3 aromatic carbocycles. The third-order valence-corrected chi connectivity index (χ3v) is 5.86. The highest BCUT2D eigenvalue weighted by Gasteiger charge is 2.12. The van der Waals surface area contributed by atoms with Gasteiger partial charge in [-0.2, -0.15) is 5.10 Å². The Morgan fingerprint density at radius 3 is 2.75 bits per heavy atom. The lowest BCUT2D eigenvalue weighted by atomic mass is 10.1. The zero-order chi connectivity index (χ0) is 22.1. The summed E-state index contributed by atoms with van der Waals surface area (Å²) in [5, 5.41) is 6.11. The number of nitrogens with zero attached hydrogens (tertiary/aromatic N) is 2. The van der Waals surface area contributed by atoms with E-state index in [-0.39, 0.29) is 5.76 Å². The molecule has 2 aromatic heterocycles. The van der Waals surface area contributed by atoms with Crippen LogP contribution in [0.25, 0.3) is 21.9 Å². The number of aromatic nitrogens is 1. The molecule has 0 saturated carbocycles. The lowest BCUT2D eigenvalue weighted by Gasteiger charge is -2.06. The van der Waals surface area contributed by atoms with E-state index in [4.69, 9.17) is 4.42 Å². The van der Waals surface area contributed by atoms with Crippen LogP contribution in [0.4, 0.5) is 0 Å². The van der Waals surface area contributed by atoms with Gasteiger partial charge in [0.1, 0.15) is 5.58 Å². The van der Waals surface area contributed by atoms with Crippen molar-refractivity contribution in [3.63, 3.8) is 0 Å². The van der Waals surface area contributed by atoms with Gasteiger partial charge in [-0.05, 0) is 42.8 Å². The van der Waals surface area contributed by atoms with Crippen LogP contribution >= 0.6 is 15.9 Å². The van der Waals surface area contributed by atoms with E-state index in [0.717, 1.165) is 32.9 Å². The van der Waals surface area contributed by atoms with E-state index < -0.39 is 5.91 Å². The number of furan rings is 1. The SMILES string of the molecule is Cc1ccc(Cn2cc(/C=N/NC(=O)c3cc4cc(Br)ccc4o3)c3ccccc32)cc1. The third kappa shape index (κ3) is 4.09. The van der Waals surface area contributed by atoms with Gasteiger partial charge in [0.25, 0.3) is 0 Å². The fourth-order valence-electron chi connectivity index (χ4n) is 3.74. The number of hydrogen-bond donors (Lipinski definition) is 1. The first-order valence-corrected chi connectivity index (χ1v) is 11.0. The largest absolute Gasteiger partial charge is 0.451 e. The van der Waals surface area contributed by atoms with Crippen molar-refractivity contribution in [3.05, 3.63) is 106 Å². The van der Waals surface area contributed by atoms with Gasteiger partial charge in [-0.15, -0.1) is 0 Å². The van der Waals surface area contributed by atoms with Gasteiger partial charge in [-0.25, -0.2) is 5.43 Å². The first-order valence-electron chi connectivity index (χ1n) is 10.2. The molecule has 32 heavy (non-hydrogen) atoms. The van der Waals surface area contributed by atoms with Gasteiger partial charge in [0, 0.05) is 39.1 Å². The van der Waals surface area contributed by atoms with Crippen molar-refractivity contribution in [2.75, 3.05) is 0 Å². The van der Waals surface area contributed by atoms with Crippen molar-refractivity contribution in [2.24, 2.45) is 5.10 Å². The van der Waals surface area contributed by atoms with Crippen molar-refractivity contribution in [2.45, 2.75) is 13.5 Å². The molecule has 1 N–H and O–H groups in total. The van der Waals surface area contributed by atoms with Crippen molar-refractivity contribution in [1.82, 2.24) is 9.99 Å². The summed E-state index contributed by atoms with van der Waals surface area (Å²) in [7, 11) is 0. The summed E-state index contributed by atoms with van der Waals surface area (Å²) in [6, 6.07) is 24.0. The standard InChI is InChI=1S/C26H20BrN3O2/c1-17-6-8-18(9-7-17)15-30-16-20(22-4-2-3-5-23(22)30)14-28-29-26(31)25-13-19-12-21(27)10-11-24(19)32-25/h2-14,16H,15H2,1H3,(H,29,31)/b28-14+. The molecule has 6 heteroatoms. The Kier molecular flexibility index (Phi) is 5.37. The molecule has 0 aliphatic carbocycles. The Morgan fingerprint density at radius 1 is 1.09 bits per heavy atom. The zero-order valence-corrected chi connectivity index (χ0v) is 19.0. The minimum atomic E-state index is -0.392. The van der Waals surface area contributed by atoms with Crippen LogP contribution in [0.5, 0.6) is 0 Å². The van der Waals surface area contributed by atoms with Crippen LogP contribution in [-0.4, -0.2) is 16.7 Å². The highest BCUT2D eigenvalue weighted by Crippen LogP contribution is 2.24. The molecular weight excluding hydrogens is 466 g/mol. The van der Waals surface area contributed by atoms with Crippen LogP contribution in [0.3, 0.4) is 0 Å². The van der Waals surface area contributed by atoms with E-state index >= 15 is 0 Å². The monoisotopic (exact) mass is 485 g/mol. The summed E-state index contributed by atoms with van der Waals surface area (Å²) in [5.74, 6) is -0.172. The zero-order valence-electron chi connectivity index (χ0n) is 17.4. The molecular formula is C26H20BrN3O2. The lowest BCUT2D eigenvalue weighted by Crippen LogP contribution is -2.16. The van der Waals surface area contributed by atoms with Crippen LogP contribution in [0.15, 0.2) is 93.0 Å². The molecule has 0 atom stereocenters. The number of rotatable bonds is 5. The third-order valence-electron chi connectivity index (χ3n) is 5.36. The Labute approximate surface area is 193 Å². The minimum absolute atomic E-state index is 0.219. The van der Waals surface area contributed by atoms with Crippen molar-refractivity contribution in [1.29, 1.82) is 0 Å². The predicted molar refractivity (Wildman–Crippen MR) is 131 cm³/mol. The second kappa shape index (κ2) is 8.48. The molecule has 0 fully saturated rings. The number of carbonyl (C=O) groups is 1. The number of fused-ring (bicyclic) bond motifs is 2. The maximum Gasteiger partial charge on any atom is 0.307 e. The van der Waals surface area contributed by atoms with Crippen LogP contribution in [0, 0.1) is 6.92 Å². The second-order valence-electron chi connectivity index (χ2n) is 7.71. The summed E-state index contributed by atoms with van der Waals surface area (Å²) < 4.78 is 8.75. The number of hydrazone groups is 1. The van der Waals surface area contributed by atoms with E-state index in [9.17, 15) is 4.79 Å². The number of para-hydroxylation sites is 1. The number of benzene rings is 3. The Bertz CT molecular complexity index is 1460. The second-order valence-corrected chi connectivity index (χ2v) is 8.62. The van der Waals surface area contributed by atoms with Gasteiger partial charge in [0.15, 0.2) is 5.76 Å². The van der Waals surface area contributed by atoms with Crippen molar-refractivity contribution >= 4 is 49.9 Å². The average molecular weight is 486 g/mol. The summed E-state index contributed by atoms with van der Waals surface area (Å²) in [4.78, 5) is 12.5. The quantitative estimate of drug-likeness (QED) is 0.235. The van der Waals surface area contributed by atoms with Gasteiger partial charge in [0.2, 0.25) is 0 Å². The molecule has 0 radical (unpaired) electrons. The van der Waals surface area contributed by atoms with Crippen LogP contribution in [-0.2, 0) is 6.54 Å². The molecule has 0 spiro atoms. The van der Waals surface area contributed by atoms with Crippen molar-refractivity contribution < 1.29 is 9.21 Å². The fraction of sp³-hybridized carbons (Fsp3) is 0.0769. The molecule has 5 nitrogen and oxygen atoms in total. The molecule has 0 unspecified atom stereocenters. The van der Waals surface area contributed by atoms with E-state index in [1.807, 2.05) is 30.3 Å². The van der Waals surface area contributed by atoms with Gasteiger partial charge in [-0.3, -0.25) is 4.79 Å². The molecule has 1 amide bonds. The van der Waals surface area contributed by atoms with E-state index in [1.165, 1.54) is 11.1 Å². The number of nitrogens with one attached hydrogen (secondary N) is 1. The maximum absolute atomic E-state index is 12.5. The van der Waals surface area contributed by atoms with Gasteiger partial charge >= 0.3 is 5.91 Å². The number of hydrogen-bond acceptors (Lipinski definition) is 3. The van der Waals surface area contributed by atoms with Crippen LogP contribution in [0.1, 0.15) is 27.2 Å². The van der Waals surface area contributed by atoms with Crippen LogP contribution < -0.4 is 5.43 Å². The van der Waals surface area contributed by atoms with Gasteiger partial charge in [-0.1, -0.05) is 64.0 Å². The Morgan fingerprint density at radius 2 is 1.91 bits per heavy atom. The van der Waals surface area contributed by atoms with Crippen LogP contribution in [0.2, 0.25) is 0 Å². The van der Waals surface area contributed by atoms with E-state index in [1.54, 1.807) is 12.3 Å². The maximum atomic E-state index is 12.5. The predicted octanol–water partition coefficient (Wildman–Crippen LogP) is 6.27. The molecule has 0 aliphatic rings. The van der Waals surface area contributed by atoms with Crippen molar-refractivity contribution in [3.8, 4) is 0 Å². The molecule has 0 aliphatic heterocycles. The molecule has 158 valence electrons. The fourth-order valence-corrected chi connectivity index (χ4v) is 4.12. The first kappa shape index (κ1) is 20.3. The van der Waals surface area contributed by atoms with Gasteiger partial charge < -0.3 is 8.98 Å². The average Bonchev–Trinajstić information content (AvgIpc) is 3.37.